The fourth-order valence-electron chi connectivity index (χ4n) is 1.33. The Bertz CT molecular complexity index is 479. The van der Waals surface area contributed by atoms with Crippen molar-refractivity contribution in [1.29, 1.82) is 0 Å². The molecule has 0 saturated heterocycles. The lowest BCUT2D eigenvalue weighted by Crippen LogP contribution is -1.92. The van der Waals surface area contributed by atoms with Gasteiger partial charge in [0.25, 0.3) is 0 Å². The summed E-state index contributed by atoms with van der Waals surface area (Å²) in [6.07, 6.45) is 0.611. The van der Waals surface area contributed by atoms with E-state index >= 15 is 0 Å². The molecular formula is C10H9Cl2N3. The fraction of sp³-hybridized carbons (Fsp3) is 0.200. The van der Waals surface area contributed by atoms with Crippen LogP contribution in [0.4, 0.5) is 0 Å². The van der Waals surface area contributed by atoms with Gasteiger partial charge in [0.1, 0.15) is 11.6 Å². The molecule has 0 unspecified atom stereocenters. The summed E-state index contributed by atoms with van der Waals surface area (Å²) >= 11 is 11.9. The summed E-state index contributed by atoms with van der Waals surface area (Å²) in [4.78, 5) is 4.21. The Morgan fingerprint density at radius 1 is 1.33 bits per heavy atom. The first kappa shape index (κ1) is 10.5. The number of H-pyrrole nitrogens is 1. The number of nitrogens with one attached hydrogen (secondary N) is 1. The smallest absolute Gasteiger partial charge is 0.147 e. The summed E-state index contributed by atoms with van der Waals surface area (Å²) in [7, 11) is 0. The highest BCUT2D eigenvalue weighted by atomic mass is 35.5. The van der Waals surface area contributed by atoms with E-state index in [1.54, 1.807) is 12.1 Å². The first-order valence-corrected chi connectivity index (χ1v) is 5.22. The van der Waals surface area contributed by atoms with Crippen LogP contribution in [0, 0.1) is 6.92 Å². The van der Waals surface area contributed by atoms with E-state index in [9.17, 15) is 0 Å². The van der Waals surface area contributed by atoms with Crippen LogP contribution in [0.3, 0.4) is 0 Å². The molecule has 0 atom stereocenters. The van der Waals surface area contributed by atoms with Crippen LogP contribution in [0.5, 0.6) is 0 Å². The molecule has 3 nitrogen and oxygen atoms in total. The number of halogens is 2. The van der Waals surface area contributed by atoms with Gasteiger partial charge < -0.3 is 0 Å². The maximum Gasteiger partial charge on any atom is 0.147 e. The van der Waals surface area contributed by atoms with Gasteiger partial charge in [0.15, 0.2) is 0 Å². The first-order valence-electron chi connectivity index (χ1n) is 4.47. The van der Waals surface area contributed by atoms with Gasteiger partial charge in [-0.2, -0.15) is 5.10 Å². The van der Waals surface area contributed by atoms with Crippen LogP contribution in [0.2, 0.25) is 10.0 Å². The Balaban J connectivity index is 2.27. The lowest BCUT2D eigenvalue weighted by molar-refractivity contribution is 0.970. The monoisotopic (exact) mass is 241 g/mol. The maximum atomic E-state index is 6.03. The maximum absolute atomic E-state index is 6.03. The van der Waals surface area contributed by atoms with Crippen molar-refractivity contribution in [2.24, 2.45) is 0 Å². The zero-order valence-electron chi connectivity index (χ0n) is 8.09. The van der Waals surface area contributed by atoms with E-state index in [1.165, 1.54) is 0 Å². The molecule has 0 amide bonds. The number of hydrogen-bond acceptors (Lipinski definition) is 2. The number of benzene rings is 1. The number of aromatic nitrogens is 3. The van der Waals surface area contributed by atoms with Crippen LogP contribution in [-0.2, 0) is 6.42 Å². The van der Waals surface area contributed by atoms with Crippen LogP contribution in [0.15, 0.2) is 18.2 Å². The van der Waals surface area contributed by atoms with E-state index in [4.69, 9.17) is 23.2 Å². The molecule has 0 bridgehead atoms. The van der Waals surface area contributed by atoms with Gasteiger partial charge in [-0.05, 0) is 30.7 Å². The van der Waals surface area contributed by atoms with Crippen molar-refractivity contribution in [2.75, 3.05) is 0 Å². The number of nitrogens with zero attached hydrogens (tertiary/aromatic N) is 2. The van der Waals surface area contributed by atoms with Gasteiger partial charge in [-0.3, -0.25) is 5.10 Å². The topological polar surface area (TPSA) is 41.6 Å². The predicted molar refractivity (Wildman–Crippen MR) is 60.4 cm³/mol. The van der Waals surface area contributed by atoms with Crippen molar-refractivity contribution in [3.05, 3.63) is 45.5 Å². The molecule has 0 aliphatic rings. The van der Waals surface area contributed by atoms with Gasteiger partial charge in [0.2, 0.25) is 0 Å². The summed E-state index contributed by atoms with van der Waals surface area (Å²) in [6.45, 7) is 1.83. The number of aryl methyl sites for hydroxylation is 1. The molecule has 1 aromatic heterocycles. The van der Waals surface area contributed by atoms with Crippen molar-refractivity contribution in [3.8, 4) is 0 Å². The van der Waals surface area contributed by atoms with Gasteiger partial charge in [0, 0.05) is 16.5 Å². The lowest BCUT2D eigenvalue weighted by atomic mass is 10.1. The molecule has 1 heterocycles. The largest absolute Gasteiger partial charge is 0.263 e. The van der Waals surface area contributed by atoms with Crippen LogP contribution in [0.1, 0.15) is 17.2 Å². The van der Waals surface area contributed by atoms with Crippen molar-refractivity contribution in [3.63, 3.8) is 0 Å². The van der Waals surface area contributed by atoms with Crippen molar-refractivity contribution < 1.29 is 0 Å². The summed E-state index contributed by atoms with van der Waals surface area (Å²) in [5, 5.41) is 8.15. The number of hydrogen-bond donors (Lipinski definition) is 1. The zero-order valence-corrected chi connectivity index (χ0v) is 9.60. The summed E-state index contributed by atoms with van der Waals surface area (Å²) in [6, 6.07) is 5.38. The summed E-state index contributed by atoms with van der Waals surface area (Å²) in [5.41, 5.74) is 0.945. The quantitative estimate of drug-likeness (QED) is 0.879. The molecule has 2 aromatic rings. The SMILES string of the molecule is Cc1n[nH]c(Cc2cc(Cl)ccc2Cl)n1. The molecule has 15 heavy (non-hydrogen) atoms. The predicted octanol–water partition coefficient (Wildman–Crippen LogP) is 3.01. The molecule has 2 rings (SSSR count). The van der Waals surface area contributed by atoms with Crippen LogP contribution < -0.4 is 0 Å². The second kappa shape index (κ2) is 4.21. The molecule has 0 aliphatic heterocycles. The zero-order chi connectivity index (χ0) is 10.8. The molecule has 5 heteroatoms. The van der Waals surface area contributed by atoms with Crippen LogP contribution in [0.25, 0.3) is 0 Å². The molecule has 1 N–H and O–H groups in total. The highest BCUT2D eigenvalue weighted by molar-refractivity contribution is 6.33. The summed E-state index contributed by atoms with van der Waals surface area (Å²) in [5.74, 6) is 1.51. The molecule has 0 aliphatic carbocycles. The van der Waals surface area contributed by atoms with E-state index in [0.717, 1.165) is 17.2 Å². The third kappa shape index (κ3) is 2.49. The normalized spacial score (nSPS) is 10.6. The van der Waals surface area contributed by atoms with E-state index < -0.39 is 0 Å². The third-order valence-corrected chi connectivity index (χ3v) is 2.61. The Morgan fingerprint density at radius 3 is 2.80 bits per heavy atom. The number of rotatable bonds is 2. The molecule has 0 saturated carbocycles. The average molecular weight is 242 g/mol. The van der Waals surface area contributed by atoms with Gasteiger partial charge in [-0.15, -0.1) is 0 Å². The van der Waals surface area contributed by atoms with Gasteiger partial charge in [-0.25, -0.2) is 4.98 Å². The molecule has 78 valence electrons. The summed E-state index contributed by atoms with van der Waals surface area (Å²) < 4.78 is 0. The van der Waals surface area contributed by atoms with E-state index in [1.807, 2.05) is 13.0 Å². The second-order valence-corrected chi connectivity index (χ2v) is 4.09. The number of aromatic amines is 1. The highest BCUT2D eigenvalue weighted by Crippen LogP contribution is 2.22. The van der Waals surface area contributed by atoms with Crippen molar-refractivity contribution >= 4 is 23.2 Å². The van der Waals surface area contributed by atoms with Crippen molar-refractivity contribution in [2.45, 2.75) is 13.3 Å². The minimum absolute atomic E-state index is 0.611. The Hall–Kier alpha value is -1.06. The molecule has 0 radical (unpaired) electrons. The standard InChI is InChI=1S/C10H9Cl2N3/c1-6-13-10(15-14-6)5-7-4-8(11)2-3-9(7)12/h2-4H,5H2,1H3,(H,13,14,15). The van der Waals surface area contributed by atoms with Gasteiger partial charge in [-0.1, -0.05) is 23.2 Å². The molecule has 0 fully saturated rings. The average Bonchev–Trinajstić information content (AvgIpc) is 2.58. The van der Waals surface area contributed by atoms with Crippen molar-refractivity contribution in [1.82, 2.24) is 15.2 Å². The first-order chi connectivity index (χ1) is 7.15. The highest BCUT2D eigenvalue weighted by Gasteiger charge is 2.05. The van der Waals surface area contributed by atoms with E-state index in [2.05, 4.69) is 15.2 Å². The van der Waals surface area contributed by atoms with E-state index in [-0.39, 0.29) is 0 Å². The van der Waals surface area contributed by atoms with Gasteiger partial charge in [0.05, 0.1) is 0 Å². The second-order valence-electron chi connectivity index (χ2n) is 3.24. The van der Waals surface area contributed by atoms with Crippen LogP contribution in [-0.4, -0.2) is 15.2 Å². The minimum Gasteiger partial charge on any atom is -0.263 e. The van der Waals surface area contributed by atoms with Gasteiger partial charge >= 0.3 is 0 Å². The minimum atomic E-state index is 0.611. The third-order valence-electron chi connectivity index (χ3n) is 2.01. The Morgan fingerprint density at radius 2 is 2.13 bits per heavy atom. The molecular weight excluding hydrogens is 233 g/mol. The lowest BCUT2D eigenvalue weighted by Gasteiger charge is -2.01. The molecule has 0 spiro atoms. The Kier molecular flexibility index (Phi) is 2.93. The van der Waals surface area contributed by atoms with Crippen LogP contribution >= 0.6 is 23.2 Å². The molecule has 1 aromatic carbocycles. The van der Waals surface area contributed by atoms with E-state index in [0.29, 0.717) is 16.5 Å². The fourth-order valence-corrected chi connectivity index (χ4v) is 1.71. The Labute approximate surface area is 97.4 Å².